The highest BCUT2D eigenvalue weighted by atomic mass is 32.3. The van der Waals surface area contributed by atoms with E-state index in [1.807, 2.05) is 18.2 Å². The van der Waals surface area contributed by atoms with Crippen molar-refractivity contribution in [3.8, 4) is 0 Å². The minimum atomic E-state index is -4.69. The molecule has 0 aromatic heterocycles. The number of anilines is 1. The van der Waals surface area contributed by atoms with Gasteiger partial charge in [0.2, 0.25) is 5.91 Å². The van der Waals surface area contributed by atoms with Crippen molar-refractivity contribution in [2.45, 2.75) is 18.2 Å². The van der Waals surface area contributed by atoms with Crippen LogP contribution < -0.4 is 4.90 Å². The predicted octanol–water partition coefficient (Wildman–Crippen LogP) is 0.923. The third-order valence-electron chi connectivity index (χ3n) is 4.22. The third-order valence-corrected chi connectivity index (χ3v) is 5.33. The summed E-state index contributed by atoms with van der Waals surface area (Å²) in [4.78, 5) is 15.6. The van der Waals surface area contributed by atoms with Crippen LogP contribution in [0.3, 0.4) is 0 Å². The number of carbonyl (C=O) groups is 1. The SMILES string of the molecule is O=C1CC(S(=O)(=O)F)CN1c1cccc(CN2CCOCC2)c1. The molecule has 0 radical (unpaired) electrons. The molecule has 2 fully saturated rings. The van der Waals surface area contributed by atoms with Crippen molar-refractivity contribution in [2.24, 2.45) is 0 Å². The number of rotatable bonds is 4. The van der Waals surface area contributed by atoms with Crippen LogP contribution in [-0.2, 0) is 26.3 Å². The van der Waals surface area contributed by atoms with E-state index < -0.39 is 15.5 Å². The minimum absolute atomic E-state index is 0.126. The first kappa shape index (κ1) is 16.4. The van der Waals surface area contributed by atoms with E-state index in [2.05, 4.69) is 4.90 Å². The standard InChI is InChI=1S/C15H19FN2O4S/c16-23(20,21)14-9-15(19)18(11-14)13-3-1-2-12(8-13)10-17-4-6-22-7-5-17/h1-3,8,14H,4-7,9-11H2. The quantitative estimate of drug-likeness (QED) is 0.762. The Balaban J connectivity index is 1.73. The van der Waals surface area contributed by atoms with Gasteiger partial charge < -0.3 is 9.64 Å². The average Bonchev–Trinajstić information content (AvgIpc) is 2.91. The normalized spacial score (nSPS) is 23.4. The highest BCUT2D eigenvalue weighted by molar-refractivity contribution is 7.87. The second kappa shape index (κ2) is 6.54. The zero-order chi connectivity index (χ0) is 16.4. The number of hydrogen-bond acceptors (Lipinski definition) is 5. The number of benzene rings is 1. The first-order chi connectivity index (χ1) is 10.9. The largest absolute Gasteiger partial charge is 0.379 e. The van der Waals surface area contributed by atoms with Gasteiger partial charge in [-0.25, -0.2) is 0 Å². The molecule has 0 N–H and O–H groups in total. The Morgan fingerprint density at radius 2 is 2.00 bits per heavy atom. The van der Waals surface area contributed by atoms with Gasteiger partial charge in [-0.2, -0.15) is 8.42 Å². The Labute approximate surface area is 135 Å². The Kier molecular flexibility index (Phi) is 4.65. The van der Waals surface area contributed by atoms with Crippen LogP contribution in [0.2, 0.25) is 0 Å². The number of carbonyl (C=O) groups excluding carboxylic acids is 1. The minimum Gasteiger partial charge on any atom is -0.379 e. The Morgan fingerprint density at radius 3 is 2.65 bits per heavy atom. The highest BCUT2D eigenvalue weighted by Gasteiger charge is 2.39. The van der Waals surface area contributed by atoms with Gasteiger partial charge in [-0.3, -0.25) is 9.69 Å². The van der Waals surface area contributed by atoms with Crippen LogP contribution in [0.4, 0.5) is 9.57 Å². The predicted molar refractivity (Wildman–Crippen MR) is 83.3 cm³/mol. The number of halogens is 1. The van der Waals surface area contributed by atoms with E-state index in [4.69, 9.17) is 4.74 Å². The number of nitrogens with zero attached hydrogens (tertiary/aromatic N) is 2. The van der Waals surface area contributed by atoms with Gasteiger partial charge in [-0.05, 0) is 17.7 Å². The van der Waals surface area contributed by atoms with Crippen molar-refractivity contribution in [1.29, 1.82) is 0 Å². The van der Waals surface area contributed by atoms with E-state index in [1.54, 1.807) is 6.07 Å². The maximum absolute atomic E-state index is 13.1. The van der Waals surface area contributed by atoms with Crippen molar-refractivity contribution >= 4 is 21.8 Å². The summed E-state index contributed by atoms with van der Waals surface area (Å²) < 4.78 is 40.5. The molecule has 1 aromatic rings. The fourth-order valence-corrected chi connectivity index (χ4v) is 3.62. The molecule has 2 heterocycles. The molecular formula is C15H19FN2O4S. The summed E-state index contributed by atoms with van der Waals surface area (Å²) in [5, 5.41) is -1.27. The number of hydrogen-bond donors (Lipinski definition) is 0. The Morgan fingerprint density at radius 1 is 1.26 bits per heavy atom. The molecule has 6 nitrogen and oxygen atoms in total. The first-order valence-electron chi connectivity index (χ1n) is 7.56. The van der Waals surface area contributed by atoms with Gasteiger partial charge in [0.05, 0.1) is 13.2 Å². The molecule has 3 rings (SSSR count). The van der Waals surface area contributed by atoms with Gasteiger partial charge in [0, 0.05) is 38.3 Å². The van der Waals surface area contributed by atoms with Crippen molar-refractivity contribution in [2.75, 3.05) is 37.7 Å². The smallest absolute Gasteiger partial charge is 0.307 e. The molecule has 2 aliphatic heterocycles. The third kappa shape index (κ3) is 3.88. The van der Waals surface area contributed by atoms with Crippen LogP contribution in [0.25, 0.3) is 0 Å². The van der Waals surface area contributed by atoms with Crippen LogP contribution in [0.5, 0.6) is 0 Å². The molecule has 23 heavy (non-hydrogen) atoms. The fourth-order valence-electron chi connectivity index (χ4n) is 2.95. The molecular weight excluding hydrogens is 323 g/mol. The highest BCUT2D eigenvalue weighted by Crippen LogP contribution is 2.26. The zero-order valence-corrected chi connectivity index (χ0v) is 13.5. The van der Waals surface area contributed by atoms with Crippen LogP contribution in [0.15, 0.2) is 24.3 Å². The van der Waals surface area contributed by atoms with E-state index in [-0.39, 0.29) is 18.9 Å². The summed E-state index contributed by atoms with van der Waals surface area (Å²) in [7, 11) is -4.69. The molecule has 1 aromatic carbocycles. The molecule has 2 saturated heterocycles. The molecule has 0 bridgehead atoms. The Hall–Kier alpha value is -1.51. The molecule has 2 aliphatic rings. The molecule has 0 aliphatic carbocycles. The van der Waals surface area contributed by atoms with Crippen LogP contribution in [0.1, 0.15) is 12.0 Å². The number of morpholine rings is 1. The topological polar surface area (TPSA) is 66.9 Å². The monoisotopic (exact) mass is 342 g/mol. The van der Waals surface area contributed by atoms with Crippen molar-refractivity contribution in [3.05, 3.63) is 29.8 Å². The molecule has 1 atom stereocenters. The van der Waals surface area contributed by atoms with E-state index in [0.717, 1.165) is 25.2 Å². The van der Waals surface area contributed by atoms with Crippen LogP contribution >= 0.6 is 0 Å². The Bertz CT molecular complexity index is 688. The number of amides is 1. The van der Waals surface area contributed by atoms with E-state index >= 15 is 0 Å². The second-order valence-corrected chi connectivity index (χ2v) is 7.48. The van der Waals surface area contributed by atoms with Gasteiger partial charge >= 0.3 is 10.2 Å². The lowest BCUT2D eigenvalue weighted by Crippen LogP contribution is -2.35. The summed E-state index contributed by atoms with van der Waals surface area (Å²) in [5.74, 6) is -0.361. The van der Waals surface area contributed by atoms with E-state index in [1.165, 1.54) is 4.90 Å². The van der Waals surface area contributed by atoms with E-state index in [9.17, 15) is 17.1 Å². The lowest BCUT2D eigenvalue weighted by molar-refractivity contribution is -0.117. The lowest BCUT2D eigenvalue weighted by atomic mass is 10.1. The van der Waals surface area contributed by atoms with Crippen LogP contribution in [0, 0.1) is 0 Å². The van der Waals surface area contributed by atoms with Gasteiger partial charge in [0.25, 0.3) is 0 Å². The molecule has 1 unspecified atom stereocenters. The van der Waals surface area contributed by atoms with Gasteiger partial charge in [-0.15, -0.1) is 3.89 Å². The summed E-state index contributed by atoms with van der Waals surface area (Å²) in [6, 6.07) is 7.40. The van der Waals surface area contributed by atoms with E-state index in [0.29, 0.717) is 18.9 Å². The van der Waals surface area contributed by atoms with Crippen molar-refractivity contribution in [3.63, 3.8) is 0 Å². The van der Waals surface area contributed by atoms with Crippen LogP contribution in [-0.4, -0.2) is 57.3 Å². The lowest BCUT2D eigenvalue weighted by Gasteiger charge is -2.27. The summed E-state index contributed by atoms with van der Waals surface area (Å²) >= 11 is 0. The molecule has 126 valence electrons. The maximum Gasteiger partial charge on any atom is 0.307 e. The molecule has 8 heteroatoms. The molecule has 0 spiro atoms. The maximum atomic E-state index is 13.1. The summed E-state index contributed by atoms with van der Waals surface area (Å²) in [5.41, 5.74) is 1.65. The van der Waals surface area contributed by atoms with Gasteiger partial charge in [0.15, 0.2) is 0 Å². The van der Waals surface area contributed by atoms with Crippen molar-refractivity contribution in [1.82, 2.24) is 4.90 Å². The average molecular weight is 342 g/mol. The number of ether oxygens (including phenoxy) is 1. The van der Waals surface area contributed by atoms with Gasteiger partial charge in [0.1, 0.15) is 5.25 Å². The van der Waals surface area contributed by atoms with Gasteiger partial charge in [-0.1, -0.05) is 12.1 Å². The first-order valence-corrected chi connectivity index (χ1v) is 9.01. The summed E-state index contributed by atoms with van der Waals surface area (Å²) in [6.45, 7) is 3.74. The molecule has 1 amide bonds. The van der Waals surface area contributed by atoms with Crippen molar-refractivity contribution < 1.29 is 21.8 Å². The second-order valence-electron chi connectivity index (χ2n) is 5.86. The summed E-state index contributed by atoms with van der Waals surface area (Å²) in [6.07, 6.45) is -0.299. The molecule has 0 saturated carbocycles. The zero-order valence-electron chi connectivity index (χ0n) is 12.7. The fraction of sp³-hybridized carbons (Fsp3) is 0.533.